The predicted octanol–water partition coefficient (Wildman–Crippen LogP) is 4.74. The number of hydrogen-bond donors (Lipinski definition) is 0. The Morgan fingerprint density at radius 1 is 1.06 bits per heavy atom. The number of carbonyl (C=O) groups excluding carboxylic acids is 1. The molecule has 1 heteroatoms. The molecule has 1 aliphatic carbocycles. The normalized spacial score (nSPS) is 24.9. The first kappa shape index (κ1) is 13.7. The first-order chi connectivity index (χ1) is 7.75. The van der Waals surface area contributed by atoms with Crippen molar-refractivity contribution in [2.75, 3.05) is 0 Å². The van der Waals surface area contributed by atoms with Crippen LogP contribution in [0, 0.1) is 11.8 Å². The average molecular weight is 224 g/mol. The van der Waals surface area contributed by atoms with Crippen molar-refractivity contribution in [1.29, 1.82) is 0 Å². The smallest absolute Gasteiger partial charge is 0.136 e. The Balaban J connectivity index is 2.02. The van der Waals surface area contributed by atoms with Crippen molar-refractivity contribution in [3.8, 4) is 0 Å². The fraction of sp³-hybridized carbons (Fsp3) is 0.933. The molecule has 16 heavy (non-hydrogen) atoms. The number of ketones is 1. The van der Waals surface area contributed by atoms with Gasteiger partial charge in [-0.1, -0.05) is 52.4 Å². The lowest BCUT2D eigenvalue weighted by Crippen LogP contribution is -2.16. The molecule has 0 heterocycles. The number of hydrogen-bond acceptors (Lipinski definition) is 1. The van der Waals surface area contributed by atoms with E-state index in [-0.39, 0.29) is 0 Å². The molecule has 1 rings (SSSR count). The molecule has 2 atom stereocenters. The van der Waals surface area contributed by atoms with E-state index in [0.717, 1.165) is 19.3 Å². The number of Topliss-reactive ketones (excluding diaryl/α,β-unsaturated/α-hetero) is 1. The molecular formula is C15H28O. The highest BCUT2D eigenvalue weighted by atomic mass is 16.1. The van der Waals surface area contributed by atoms with Crippen molar-refractivity contribution >= 4 is 5.78 Å². The summed E-state index contributed by atoms with van der Waals surface area (Å²) < 4.78 is 0. The van der Waals surface area contributed by atoms with Gasteiger partial charge in [0.15, 0.2) is 0 Å². The summed E-state index contributed by atoms with van der Waals surface area (Å²) in [7, 11) is 0. The molecule has 0 aliphatic heterocycles. The fourth-order valence-corrected chi connectivity index (χ4v) is 2.89. The molecule has 2 unspecified atom stereocenters. The van der Waals surface area contributed by atoms with Gasteiger partial charge in [0, 0.05) is 12.3 Å². The van der Waals surface area contributed by atoms with Gasteiger partial charge in [-0.2, -0.15) is 0 Å². The summed E-state index contributed by atoms with van der Waals surface area (Å²) in [6.07, 6.45) is 12.3. The van der Waals surface area contributed by atoms with Crippen molar-refractivity contribution in [2.24, 2.45) is 11.8 Å². The minimum Gasteiger partial charge on any atom is -0.299 e. The van der Waals surface area contributed by atoms with E-state index < -0.39 is 0 Å². The van der Waals surface area contributed by atoms with E-state index in [2.05, 4.69) is 13.8 Å². The molecule has 0 aromatic rings. The molecule has 0 saturated heterocycles. The maximum absolute atomic E-state index is 11.9. The second kappa shape index (κ2) is 7.86. The van der Waals surface area contributed by atoms with Gasteiger partial charge in [0.2, 0.25) is 0 Å². The third-order valence-electron chi connectivity index (χ3n) is 4.05. The number of rotatable bonds is 8. The van der Waals surface area contributed by atoms with E-state index >= 15 is 0 Å². The summed E-state index contributed by atoms with van der Waals surface area (Å²) >= 11 is 0. The SMILES string of the molecule is CCCCCCCCC(=O)C1CCCC1C. The van der Waals surface area contributed by atoms with Crippen molar-refractivity contribution < 1.29 is 4.79 Å². The maximum atomic E-state index is 11.9. The molecule has 1 fully saturated rings. The van der Waals surface area contributed by atoms with Crippen LogP contribution in [0.4, 0.5) is 0 Å². The van der Waals surface area contributed by atoms with Crippen molar-refractivity contribution in [3.05, 3.63) is 0 Å². The zero-order valence-electron chi connectivity index (χ0n) is 11.1. The first-order valence-electron chi connectivity index (χ1n) is 7.28. The minimum atomic E-state index is 0.413. The van der Waals surface area contributed by atoms with E-state index in [9.17, 15) is 4.79 Å². The van der Waals surface area contributed by atoms with Crippen LogP contribution in [0.2, 0.25) is 0 Å². The van der Waals surface area contributed by atoms with Gasteiger partial charge in [-0.15, -0.1) is 0 Å². The Morgan fingerprint density at radius 2 is 1.75 bits per heavy atom. The molecule has 0 spiro atoms. The molecule has 0 radical (unpaired) electrons. The molecule has 1 saturated carbocycles. The molecular weight excluding hydrogens is 196 g/mol. The molecule has 0 bridgehead atoms. The highest BCUT2D eigenvalue weighted by Gasteiger charge is 2.28. The second-order valence-corrected chi connectivity index (χ2v) is 5.50. The van der Waals surface area contributed by atoms with Crippen LogP contribution in [-0.4, -0.2) is 5.78 Å². The summed E-state index contributed by atoms with van der Waals surface area (Å²) in [4.78, 5) is 11.9. The van der Waals surface area contributed by atoms with Crippen LogP contribution in [0.1, 0.15) is 78.1 Å². The van der Waals surface area contributed by atoms with Crippen LogP contribution < -0.4 is 0 Å². The summed E-state index contributed by atoms with van der Waals surface area (Å²) in [5.41, 5.74) is 0. The monoisotopic (exact) mass is 224 g/mol. The Kier molecular flexibility index (Phi) is 6.75. The summed E-state index contributed by atoms with van der Waals surface area (Å²) in [6.45, 7) is 4.49. The highest BCUT2D eigenvalue weighted by molar-refractivity contribution is 5.81. The standard InChI is InChI=1S/C15H28O/c1-3-4-5-6-7-8-12-15(16)14-11-9-10-13(14)2/h13-14H,3-12H2,1-2H3. The molecule has 1 nitrogen and oxygen atoms in total. The lowest BCUT2D eigenvalue weighted by molar-refractivity contribution is -0.123. The van der Waals surface area contributed by atoms with Crippen LogP contribution in [0.5, 0.6) is 0 Å². The zero-order valence-corrected chi connectivity index (χ0v) is 11.1. The van der Waals surface area contributed by atoms with Gasteiger partial charge in [0.1, 0.15) is 5.78 Å². The van der Waals surface area contributed by atoms with E-state index in [1.54, 1.807) is 0 Å². The topological polar surface area (TPSA) is 17.1 Å². The predicted molar refractivity (Wildman–Crippen MR) is 69.5 cm³/mol. The van der Waals surface area contributed by atoms with Crippen LogP contribution in [-0.2, 0) is 4.79 Å². The summed E-state index contributed by atoms with van der Waals surface area (Å²) in [5.74, 6) is 1.63. The fourth-order valence-electron chi connectivity index (χ4n) is 2.89. The van der Waals surface area contributed by atoms with Crippen molar-refractivity contribution in [3.63, 3.8) is 0 Å². The minimum absolute atomic E-state index is 0.413. The van der Waals surface area contributed by atoms with Crippen LogP contribution in [0.25, 0.3) is 0 Å². The van der Waals surface area contributed by atoms with Gasteiger partial charge >= 0.3 is 0 Å². The summed E-state index contributed by atoms with van der Waals surface area (Å²) in [5, 5.41) is 0. The lowest BCUT2D eigenvalue weighted by atomic mass is 9.90. The van der Waals surface area contributed by atoms with Gasteiger partial charge in [-0.3, -0.25) is 4.79 Å². The Morgan fingerprint density at radius 3 is 2.38 bits per heavy atom. The van der Waals surface area contributed by atoms with Crippen LogP contribution in [0.3, 0.4) is 0 Å². The van der Waals surface area contributed by atoms with E-state index in [1.807, 2.05) is 0 Å². The third-order valence-corrected chi connectivity index (χ3v) is 4.05. The first-order valence-corrected chi connectivity index (χ1v) is 7.28. The highest BCUT2D eigenvalue weighted by Crippen LogP contribution is 2.32. The van der Waals surface area contributed by atoms with Crippen molar-refractivity contribution in [2.45, 2.75) is 78.1 Å². The van der Waals surface area contributed by atoms with Gasteiger partial charge in [-0.05, 0) is 25.2 Å². The molecule has 1 aliphatic rings. The number of carbonyl (C=O) groups is 1. The van der Waals surface area contributed by atoms with Crippen molar-refractivity contribution in [1.82, 2.24) is 0 Å². The quantitative estimate of drug-likeness (QED) is 0.544. The van der Waals surface area contributed by atoms with Crippen LogP contribution >= 0.6 is 0 Å². The van der Waals surface area contributed by atoms with E-state index in [0.29, 0.717) is 17.6 Å². The Hall–Kier alpha value is -0.330. The van der Waals surface area contributed by atoms with E-state index in [4.69, 9.17) is 0 Å². The third kappa shape index (κ3) is 4.67. The van der Waals surface area contributed by atoms with Crippen LogP contribution in [0.15, 0.2) is 0 Å². The van der Waals surface area contributed by atoms with E-state index in [1.165, 1.54) is 44.9 Å². The molecule has 0 aromatic heterocycles. The van der Waals surface area contributed by atoms with Gasteiger partial charge in [-0.25, -0.2) is 0 Å². The average Bonchev–Trinajstić information content (AvgIpc) is 2.69. The molecule has 0 N–H and O–H groups in total. The van der Waals surface area contributed by atoms with Gasteiger partial charge < -0.3 is 0 Å². The van der Waals surface area contributed by atoms with Gasteiger partial charge in [0.25, 0.3) is 0 Å². The maximum Gasteiger partial charge on any atom is 0.136 e. The Labute approximate surface area is 101 Å². The Bertz CT molecular complexity index is 198. The molecule has 94 valence electrons. The van der Waals surface area contributed by atoms with Gasteiger partial charge in [0.05, 0.1) is 0 Å². The lowest BCUT2D eigenvalue weighted by Gasteiger charge is -2.13. The molecule has 0 aromatic carbocycles. The molecule has 0 amide bonds. The summed E-state index contributed by atoms with van der Waals surface area (Å²) in [6, 6.07) is 0. The number of unbranched alkanes of at least 4 members (excludes halogenated alkanes) is 5. The largest absolute Gasteiger partial charge is 0.299 e. The zero-order chi connectivity index (χ0) is 11.8. The second-order valence-electron chi connectivity index (χ2n) is 5.50.